The van der Waals surface area contributed by atoms with Gasteiger partial charge in [-0.3, -0.25) is 14.6 Å². The molecule has 0 saturated heterocycles. The van der Waals surface area contributed by atoms with E-state index in [1.807, 2.05) is 6.92 Å². The van der Waals surface area contributed by atoms with Gasteiger partial charge in [-0.1, -0.05) is 18.8 Å². The highest BCUT2D eigenvalue weighted by molar-refractivity contribution is 5.97. The van der Waals surface area contributed by atoms with Crippen molar-refractivity contribution in [2.45, 2.75) is 26.0 Å². The molecule has 10 heteroatoms. The summed E-state index contributed by atoms with van der Waals surface area (Å²) in [5, 5.41) is 9.77. The van der Waals surface area contributed by atoms with E-state index in [0.717, 1.165) is 0 Å². The Bertz CT molecular complexity index is 1070. The molecule has 1 N–H and O–H groups in total. The van der Waals surface area contributed by atoms with Crippen LogP contribution < -0.4 is 4.74 Å². The summed E-state index contributed by atoms with van der Waals surface area (Å²) in [6.45, 7) is 4.35. The van der Waals surface area contributed by atoms with E-state index in [1.54, 1.807) is 32.0 Å². The summed E-state index contributed by atoms with van der Waals surface area (Å²) in [6, 6.07) is 1.22. The minimum absolute atomic E-state index is 0.161. The van der Waals surface area contributed by atoms with Crippen molar-refractivity contribution < 1.29 is 24.2 Å². The fourth-order valence-corrected chi connectivity index (χ4v) is 3.56. The van der Waals surface area contributed by atoms with Gasteiger partial charge in [-0.05, 0) is 13.0 Å². The van der Waals surface area contributed by atoms with Crippen LogP contribution >= 0.6 is 0 Å². The van der Waals surface area contributed by atoms with E-state index in [9.17, 15) is 14.7 Å². The van der Waals surface area contributed by atoms with Crippen LogP contribution in [0.1, 0.15) is 40.3 Å². The number of aliphatic hydroxyl groups excluding tert-OH is 1. The van der Waals surface area contributed by atoms with Gasteiger partial charge in [0, 0.05) is 50.8 Å². The maximum absolute atomic E-state index is 13.4. The lowest BCUT2D eigenvalue weighted by molar-refractivity contribution is 0.0312. The van der Waals surface area contributed by atoms with Crippen molar-refractivity contribution in [1.82, 2.24) is 24.8 Å². The second kappa shape index (κ2) is 11.5. The molecule has 3 heterocycles. The van der Waals surface area contributed by atoms with Gasteiger partial charge in [0.1, 0.15) is 24.0 Å². The summed E-state index contributed by atoms with van der Waals surface area (Å²) in [5.41, 5.74) is 1.03. The molecule has 3 rings (SSSR count). The molecule has 10 nitrogen and oxygen atoms in total. The Morgan fingerprint density at radius 3 is 2.85 bits per heavy atom. The van der Waals surface area contributed by atoms with Crippen LogP contribution in [0, 0.1) is 17.8 Å². The number of fused-ring (bicyclic) bond motifs is 1. The van der Waals surface area contributed by atoms with Gasteiger partial charge in [-0.25, -0.2) is 9.97 Å². The maximum atomic E-state index is 13.4. The fourth-order valence-electron chi connectivity index (χ4n) is 3.56. The molecular formula is C24H29N5O5. The Kier molecular flexibility index (Phi) is 8.51. The monoisotopic (exact) mass is 467 g/mol. The first-order valence-electron chi connectivity index (χ1n) is 10.9. The second-order valence-corrected chi connectivity index (χ2v) is 8.21. The number of carbonyl (C=O) groups is 2. The molecule has 0 bridgehead atoms. The molecule has 0 radical (unpaired) electrons. The molecule has 0 saturated carbocycles. The number of nitrogens with zero attached hydrogens (tertiary/aromatic N) is 5. The summed E-state index contributed by atoms with van der Waals surface area (Å²) in [5.74, 6) is 5.17. The Morgan fingerprint density at radius 2 is 2.18 bits per heavy atom. The van der Waals surface area contributed by atoms with Crippen LogP contribution in [0.2, 0.25) is 0 Å². The molecule has 2 amide bonds. The van der Waals surface area contributed by atoms with E-state index >= 15 is 0 Å². The van der Waals surface area contributed by atoms with Crippen molar-refractivity contribution >= 4 is 11.8 Å². The molecule has 34 heavy (non-hydrogen) atoms. The highest BCUT2D eigenvalue weighted by atomic mass is 16.5. The number of ether oxygens (including phenoxy) is 2. The number of rotatable bonds is 6. The molecule has 0 spiro atoms. The average Bonchev–Trinajstić information content (AvgIpc) is 2.86. The van der Waals surface area contributed by atoms with Crippen LogP contribution in [0.15, 0.2) is 30.9 Å². The molecular weight excluding hydrogens is 438 g/mol. The predicted octanol–water partition coefficient (Wildman–Crippen LogP) is 0.862. The highest BCUT2D eigenvalue weighted by Crippen LogP contribution is 2.27. The third-order valence-electron chi connectivity index (χ3n) is 5.55. The normalized spacial score (nSPS) is 18.5. The minimum Gasteiger partial charge on any atom is -0.472 e. The number of aromatic nitrogens is 3. The van der Waals surface area contributed by atoms with Crippen molar-refractivity contribution in [2.24, 2.45) is 5.92 Å². The van der Waals surface area contributed by atoms with Crippen LogP contribution in [0.25, 0.3) is 0 Å². The summed E-state index contributed by atoms with van der Waals surface area (Å²) >= 11 is 0. The Morgan fingerprint density at radius 1 is 1.38 bits per heavy atom. The number of hydrogen-bond donors (Lipinski definition) is 1. The lowest BCUT2D eigenvalue weighted by Gasteiger charge is -2.37. The zero-order chi connectivity index (χ0) is 24.7. The predicted molar refractivity (Wildman–Crippen MR) is 123 cm³/mol. The van der Waals surface area contributed by atoms with Gasteiger partial charge in [0.25, 0.3) is 11.8 Å². The number of amides is 2. The number of likely N-dealkylation sites (N-methyl/N-ethyl adjacent to an activating group) is 1. The first-order valence-corrected chi connectivity index (χ1v) is 10.9. The third-order valence-corrected chi connectivity index (χ3v) is 5.55. The SMILES string of the molecule is COCC#Cc1cnc2c(c1)C(=O)N([C@@H](C)CO)C[C@@H](C)[C@@H](CN(C)C(=O)c1cnccn1)O2. The van der Waals surface area contributed by atoms with Crippen molar-refractivity contribution in [1.29, 1.82) is 0 Å². The molecule has 0 fully saturated rings. The van der Waals surface area contributed by atoms with Gasteiger partial charge < -0.3 is 24.4 Å². The molecule has 2 aromatic heterocycles. The first kappa shape index (κ1) is 25.1. The lowest BCUT2D eigenvalue weighted by atomic mass is 10.00. The zero-order valence-corrected chi connectivity index (χ0v) is 19.8. The molecule has 3 atom stereocenters. The van der Waals surface area contributed by atoms with E-state index in [-0.39, 0.29) is 54.6 Å². The average molecular weight is 468 g/mol. The summed E-state index contributed by atoms with van der Waals surface area (Å²) in [7, 11) is 3.21. The van der Waals surface area contributed by atoms with Gasteiger partial charge >= 0.3 is 0 Å². The summed E-state index contributed by atoms with van der Waals surface area (Å²) in [6.07, 6.45) is 5.44. The Labute approximate surface area is 198 Å². The molecule has 1 aliphatic heterocycles. The van der Waals surface area contributed by atoms with Gasteiger partial charge in [0.15, 0.2) is 0 Å². The van der Waals surface area contributed by atoms with Crippen molar-refractivity contribution in [3.63, 3.8) is 0 Å². The summed E-state index contributed by atoms with van der Waals surface area (Å²) < 4.78 is 11.1. The number of hydrogen-bond acceptors (Lipinski definition) is 8. The van der Waals surface area contributed by atoms with E-state index in [4.69, 9.17) is 9.47 Å². The molecule has 180 valence electrons. The van der Waals surface area contributed by atoms with Crippen LogP contribution in [0.5, 0.6) is 5.88 Å². The topological polar surface area (TPSA) is 118 Å². The van der Waals surface area contributed by atoms with Gasteiger partial charge in [0.05, 0.1) is 25.4 Å². The molecule has 1 aliphatic rings. The van der Waals surface area contributed by atoms with Crippen LogP contribution in [-0.2, 0) is 4.74 Å². The van der Waals surface area contributed by atoms with Crippen LogP contribution in [0.3, 0.4) is 0 Å². The quantitative estimate of drug-likeness (QED) is 0.622. The van der Waals surface area contributed by atoms with Gasteiger partial charge in [-0.2, -0.15) is 0 Å². The van der Waals surface area contributed by atoms with E-state index < -0.39 is 12.1 Å². The maximum Gasteiger partial charge on any atom is 0.273 e. The Hall–Kier alpha value is -3.55. The van der Waals surface area contributed by atoms with Crippen molar-refractivity contribution in [2.75, 3.05) is 40.5 Å². The van der Waals surface area contributed by atoms with Gasteiger partial charge in [0.2, 0.25) is 5.88 Å². The van der Waals surface area contributed by atoms with Crippen molar-refractivity contribution in [3.8, 4) is 17.7 Å². The number of aliphatic hydroxyl groups is 1. The molecule has 0 unspecified atom stereocenters. The number of pyridine rings is 1. The second-order valence-electron chi connectivity index (χ2n) is 8.21. The number of carbonyl (C=O) groups excluding carboxylic acids is 2. The molecule has 0 aromatic carbocycles. The molecule has 2 aromatic rings. The Balaban J connectivity index is 1.93. The first-order chi connectivity index (χ1) is 16.3. The highest BCUT2D eigenvalue weighted by Gasteiger charge is 2.34. The lowest BCUT2D eigenvalue weighted by Crippen LogP contribution is -2.50. The van der Waals surface area contributed by atoms with Crippen LogP contribution in [0.4, 0.5) is 0 Å². The largest absolute Gasteiger partial charge is 0.472 e. The van der Waals surface area contributed by atoms with Gasteiger partial charge in [-0.15, -0.1) is 0 Å². The van der Waals surface area contributed by atoms with E-state index in [0.29, 0.717) is 12.1 Å². The third kappa shape index (κ3) is 5.87. The van der Waals surface area contributed by atoms with E-state index in [1.165, 1.54) is 29.7 Å². The van der Waals surface area contributed by atoms with Crippen LogP contribution in [-0.4, -0.2) is 94.3 Å². The number of methoxy groups -OCH3 is 1. The minimum atomic E-state index is -0.469. The molecule has 0 aliphatic carbocycles. The summed E-state index contributed by atoms with van der Waals surface area (Å²) in [4.78, 5) is 41.7. The van der Waals surface area contributed by atoms with E-state index in [2.05, 4.69) is 26.8 Å². The zero-order valence-electron chi connectivity index (χ0n) is 19.8. The standard InChI is InChI=1S/C24H29N5O5/c1-16-13-29(17(2)15-30)23(31)19-10-18(6-5-9-33-4)11-27-22(19)34-21(16)14-28(3)24(32)20-12-25-7-8-26-20/h7-8,10-12,16-17,21,30H,9,13-15H2,1-4H3/t16-,17+,21-/m1/s1. The smallest absolute Gasteiger partial charge is 0.273 e. The van der Waals surface area contributed by atoms with Crippen molar-refractivity contribution in [3.05, 3.63) is 47.7 Å². The fraction of sp³-hybridized carbons (Fsp3) is 0.458.